The fourth-order valence-electron chi connectivity index (χ4n) is 1.92. The van der Waals surface area contributed by atoms with Crippen LogP contribution in [0.4, 0.5) is 0 Å². The maximum absolute atomic E-state index is 12.1. The number of amides is 1. The molecule has 17 heavy (non-hydrogen) atoms. The molecule has 0 unspecified atom stereocenters. The molecule has 0 fully saturated rings. The summed E-state index contributed by atoms with van der Waals surface area (Å²) < 4.78 is 5.42. The van der Waals surface area contributed by atoms with E-state index in [-0.39, 0.29) is 5.91 Å². The van der Waals surface area contributed by atoms with E-state index in [9.17, 15) is 4.79 Å². The third-order valence-corrected chi connectivity index (χ3v) is 2.98. The Morgan fingerprint density at radius 2 is 2.35 bits per heavy atom. The van der Waals surface area contributed by atoms with Crippen LogP contribution in [0.3, 0.4) is 0 Å². The molecule has 4 heteroatoms. The number of ether oxygens (including phenoxy) is 1. The van der Waals surface area contributed by atoms with Crippen molar-refractivity contribution in [1.82, 2.24) is 10.2 Å². The molecule has 0 saturated heterocycles. The van der Waals surface area contributed by atoms with Crippen molar-refractivity contribution >= 4 is 5.91 Å². The number of carbonyl (C=O) groups is 1. The molecular formula is C13H18N2O2. The lowest BCUT2D eigenvalue weighted by Gasteiger charge is -2.17. The van der Waals surface area contributed by atoms with E-state index in [1.165, 1.54) is 0 Å². The van der Waals surface area contributed by atoms with E-state index in [0.29, 0.717) is 6.54 Å². The summed E-state index contributed by atoms with van der Waals surface area (Å²) in [7, 11) is 3.70. The van der Waals surface area contributed by atoms with Gasteiger partial charge in [0.1, 0.15) is 5.75 Å². The van der Waals surface area contributed by atoms with E-state index in [1.54, 1.807) is 4.90 Å². The van der Waals surface area contributed by atoms with Crippen LogP contribution in [0, 0.1) is 0 Å². The van der Waals surface area contributed by atoms with Gasteiger partial charge in [-0.05, 0) is 30.8 Å². The molecule has 2 rings (SSSR count). The number of hydrogen-bond acceptors (Lipinski definition) is 3. The zero-order valence-electron chi connectivity index (χ0n) is 10.3. The third-order valence-electron chi connectivity index (χ3n) is 2.98. The Labute approximate surface area is 102 Å². The quantitative estimate of drug-likeness (QED) is 0.842. The van der Waals surface area contributed by atoms with Crippen LogP contribution in [0.2, 0.25) is 0 Å². The number of nitrogens with one attached hydrogen (secondary N) is 1. The molecule has 0 aliphatic carbocycles. The van der Waals surface area contributed by atoms with Gasteiger partial charge in [0.15, 0.2) is 0 Å². The highest BCUT2D eigenvalue weighted by molar-refractivity contribution is 5.94. The molecule has 1 heterocycles. The van der Waals surface area contributed by atoms with Gasteiger partial charge in [-0.1, -0.05) is 0 Å². The van der Waals surface area contributed by atoms with Crippen LogP contribution < -0.4 is 10.1 Å². The summed E-state index contributed by atoms with van der Waals surface area (Å²) in [5.74, 6) is 0.981. The molecule has 4 nitrogen and oxygen atoms in total. The summed E-state index contributed by atoms with van der Waals surface area (Å²) >= 11 is 0. The molecule has 0 radical (unpaired) electrons. The van der Waals surface area contributed by atoms with E-state index >= 15 is 0 Å². The first kappa shape index (κ1) is 11.9. The Hall–Kier alpha value is -1.55. The van der Waals surface area contributed by atoms with Gasteiger partial charge in [-0.3, -0.25) is 4.79 Å². The lowest BCUT2D eigenvalue weighted by atomic mass is 10.1. The number of benzene rings is 1. The van der Waals surface area contributed by atoms with Gasteiger partial charge < -0.3 is 15.0 Å². The molecule has 1 N–H and O–H groups in total. The van der Waals surface area contributed by atoms with E-state index in [2.05, 4.69) is 5.32 Å². The number of rotatable bonds is 4. The molecule has 0 aromatic heterocycles. The Bertz CT molecular complexity index is 418. The van der Waals surface area contributed by atoms with Crippen molar-refractivity contribution in [2.45, 2.75) is 6.42 Å². The molecule has 1 aliphatic rings. The van der Waals surface area contributed by atoms with Gasteiger partial charge in [-0.2, -0.15) is 0 Å². The molecule has 0 saturated carbocycles. The van der Waals surface area contributed by atoms with Crippen LogP contribution in [-0.4, -0.2) is 44.6 Å². The van der Waals surface area contributed by atoms with Crippen molar-refractivity contribution in [2.24, 2.45) is 0 Å². The standard InChI is InChI=1S/C13H18N2O2/c1-14-6-7-15(2)13(16)11-3-4-12-10(9-11)5-8-17-12/h3-4,9,14H,5-8H2,1-2H3. The zero-order valence-corrected chi connectivity index (χ0v) is 10.3. The largest absolute Gasteiger partial charge is 0.493 e. The fraction of sp³-hybridized carbons (Fsp3) is 0.462. The minimum atomic E-state index is 0.0648. The Morgan fingerprint density at radius 1 is 1.53 bits per heavy atom. The zero-order chi connectivity index (χ0) is 12.3. The maximum atomic E-state index is 12.1. The summed E-state index contributed by atoms with van der Waals surface area (Å²) in [4.78, 5) is 13.8. The summed E-state index contributed by atoms with van der Waals surface area (Å²) in [6.45, 7) is 2.24. The highest BCUT2D eigenvalue weighted by Crippen LogP contribution is 2.26. The van der Waals surface area contributed by atoms with Crippen LogP contribution in [-0.2, 0) is 6.42 Å². The molecule has 1 aromatic rings. The van der Waals surface area contributed by atoms with E-state index in [4.69, 9.17) is 4.74 Å². The van der Waals surface area contributed by atoms with E-state index in [0.717, 1.165) is 36.4 Å². The Kier molecular flexibility index (Phi) is 3.64. The van der Waals surface area contributed by atoms with Crippen molar-refractivity contribution in [2.75, 3.05) is 33.8 Å². The molecule has 0 bridgehead atoms. The lowest BCUT2D eigenvalue weighted by molar-refractivity contribution is 0.0797. The van der Waals surface area contributed by atoms with E-state index in [1.807, 2.05) is 32.3 Å². The van der Waals surface area contributed by atoms with Gasteiger partial charge in [0, 0.05) is 32.1 Å². The fourth-order valence-corrected chi connectivity index (χ4v) is 1.92. The monoisotopic (exact) mass is 234 g/mol. The van der Waals surface area contributed by atoms with Gasteiger partial charge in [0.05, 0.1) is 6.61 Å². The van der Waals surface area contributed by atoms with Crippen molar-refractivity contribution in [1.29, 1.82) is 0 Å². The first-order valence-corrected chi connectivity index (χ1v) is 5.88. The van der Waals surface area contributed by atoms with Crippen LogP contribution >= 0.6 is 0 Å². The van der Waals surface area contributed by atoms with E-state index < -0.39 is 0 Å². The van der Waals surface area contributed by atoms with Crippen LogP contribution in [0.1, 0.15) is 15.9 Å². The van der Waals surface area contributed by atoms with Crippen LogP contribution in [0.5, 0.6) is 5.75 Å². The summed E-state index contributed by atoms with van der Waals surface area (Å²) in [6.07, 6.45) is 0.899. The predicted octanol–water partition coefficient (Wildman–Crippen LogP) is 0.913. The summed E-state index contributed by atoms with van der Waals surface area (Å²) in [5, 5.41) is 3.03. The molecule has 92 valence electrons. The highest BCUT2D eigenvalue weighted by atomic mass is 16.5. The SMILES string of the molecule is CNCCN(C)C(=O)c1ccc2c(c1)CCO2. The van der Waals surface area contributed by atoms with Gasteiger partial charge in [0.2, 0.25) is 0 Å². The first-order chi connectivity index (χ1) is 8.22. The molecule has 1 aliphatic heterocycles. The number of fused-ring (bicyclic) bond motifs is 1. The molecule has 0 atom stereocenters. The predicted molar refractivity (Wildman–Crippen MR) is 66.5 cm³/mol. The Balaban J connectivity index is 2.09. The number of carbonyl (C=O) groups excluding carboxylic acids is 1. The second-order valence-corrected chi connectivity index (χ2v) is 4.25. The minimum absolute atomic E-state index is 0.0648. The average molecular weight is 234 g/mol. The van der Waals surface area contributed by atoms with Gasteiger partial charge >= 0.3 is 0 Å². The molecule has 0 spiro atoms. The summed E-state index contributed by atoms with van der Waals surface area (Å²) in [5.41, 5.74) is 1.88. The number of likely N-dealkylation sites (N-methyl/N-ethyl adjacent to an activating group) is 2. The topological polar surface area (TPSA) is 41.6 Å². The highest BCUT2D eigenvalue weighted by Gasteiger charge is 2.16. The molecule has 1 amide bonds. The van der Waals surface area contributed by atoms with Crippen LogP contribution in [0.25, 0.3) is 0 Å². The van der Waals surface area contributed by atoms with Crippen molar-refractivity contribution in [3.63, 3.8) is 0 Å². The minimum Gasteiger partial charge on any atom is -0.493 e. The van der Waals surface area contributed by atoms with Crippen molar-refractivity contribution in [3.8, 4) is 5.75 Å². The van der Waals surface area contributed by atoms with Gasteiger partial charge in [-0.25, -0.2) is 0 Å². The summed E-state index contributed by atoms with van der Waals surface area (Å²) in [6, 6.07) is 5.67. The van der Waals surface area contributed by atoms with Crippen molar-refractivity contribution < 1.29 is 9.53 Å². The Morgan fingerprint density at radius 3 is 3.12 bits per heavy atom. The first-order valence-electron chi connectivity index (χ1n) is 5.88. The molecular weight excluding hydrogens is 216 g/mol. The van der Waals surface area contributed by atoms with Gasteiger partial charge in [0.25, 0.3) is 5.91 Å². The van der Waals surface area contributed by atoms with Gasteiger partial charge in [-0.15, -0.1) is 0 Å². The van der Waals surface area contributed by atoms with Crippen molar-refractivity contribution in [3.05, 3.63) is 29.3 Å². The molecule has 1 aromatic carbocycles. The average Bonchev–Trinajstić information content (AvgIpc) is 2.81. The smallest absolute Gasteiger partial charge is 0.253 e. The lowest BCUT2D eigenvalue weighted by Crippen LogP contribution is -2.32. The number of nitrogens with zero attached hydrogens (tertiary/aromatic N) is 1. The van der Waals surface area contributed by atoms with Crippen LogP contribution in [0.15, 0.2) is 18.2 Å². The third kappa shape index (κ3) is 2.58. The number of hydrogen-bond donors (Lipinski definition) is 1. The second-order valence-electron chi connectivity index (χ2n) is 4.25. The maximum Gasteiger partial charge on any atom is 0.253 e. The second kappa shape index (κ2) is 5.19. The normalized spacial score (nSPS) is 13.1.